The van der Waals surface area contributed by atoms with Gasteiger partial charge in [-0.25, -0.2) is 0 Å². The number of aromatic amines is 1. The molecule has 0 aliphatic carbocycles. The van der Waals surface area contributed by atoms with Crippen LogP contribution in [0.2, 0.25) is 0 Å². The van der Waals surface area contributed by atoms with Crippen LogP contribution in [0.5, 0.6) is 5.75 Å². The van der Waals surface area contributed by atoms with Crippen molar-refractivity contribution in [1.82, 2.24) is 4.98 Å². The van der Waals surface area contributed by atoms with Gasteiger partial charge in [0.15, 0.2) is 0 Å². The summed E-state index contributed by atoms with van der Waals surface area (Å²) in [5.74, 6) is 0.720. The highest BCUT2D eigenvalue weighted by molar-refractivity contribution is 5.80. The summed E-state index contributed by atoms with van der Waals surface area (Å²) in [4.78, 5) is 17.6. The quantitative estimate of drug-likeness (QED) is 0.635. The fourth-order valence-electron chi connectivity index (χ4n) is 3.60. The van der Waals surface area contributed by atoms with E-state index in [1.54, 1.807) is 7.11 Å². The van der Waals surface area contributed by atoms with Crippen molar-refractivity contribution < 1.29 is 9.84 Å². The van der Waals surface area contributed by atoms with Crippen LogP contribution in [-0.2, 0) is 6.54 Å². The first-order chi connectivity index (χ1) is 13.6. The molecule has 1 aromatic heterocycles. The third-order valence-electron chi connectivity index (χ3n) is 5.31. The van der Waals surface area contributed by atoms with E-state index in [1.807, 2.05) is 36.4 Å². The summed E-state index contributed by atoms with van der Waals surface area (Å²) in [6.45, 7) is 2.21. The van der Waals surface area contributed by atoms with Crippen molar-refractivity contribution >= 4 is 22.3 Å². The molecule has 0 amide bonds. The SMILES string of the molecule is COc1ccc2cc(CNc3ccc(N4CCC(O)CC4)cc3)c(=O)[nH]c2c1. The maximum absolute atomic E-state index is 12.4. The number of rotatable bonds is 5. The zero-order valence-electron chi connectivity index (χ0n) is 15.9. The van der Waals surface area contributed by atoms with Crippen LogP contribution in [0.25, 0.3) is 10.9 Å². The molecular formula is C22H25N3O3. The molecule has 1 saturated heterocycles. The molecule has 0 bridgehead atoms. The topological polar surface area (TPSA) is 77.6 Å². The predicted octanol–water partition coefficient (Wildman–Crippen LogP) is 3.11. The Morgan fingerprint density at radius 3 is 2.61 bits per heavy atom. The number of H-pyrrole nitrogens is 1. The van der Waals surface area contributed by atoms with Crippen LogP contribution in [0, 0.1) is 0 Å². The van der Waals surface area contributed by atoms with Crippen molar-refractivity contribution in [2.24, 2.45) is 0 Å². The van der Waals surface area contributed by atoms with Gasteiger partial charge in [0.05, 0.1) is 18.7 Å². The van der Waals surface area contributed by atoms with E-state index >= 15 is 0 Å². The molecule has 0 spiro atoms. The Kier molecular flexibility index (Phi) is 5.21. The van der Waals surface area contributed by atoms with E-state index in [0.29, 0.717) is 12.1 Å². The van der Waals surface area contributed by atoms with Gasteiger partial charge in [-0.3, -0.25) is 4.79 Å². The van der Waals surface area contributed by atoms with E-state index in [4.69, 9.17) is 4.74 Å². The molecule has 0 unspecified atom stereocenters. The van der Waals surface area contributed by atoms with Crippen LogP contribution in [0.3, 0.4) is 0 Å². The Hall–Kier alpha value is -2.99. The van der Waals surface area contributed by atoms with Gasteiger partial charge in [-0.2, -0.15) is 0 Å². The van der Waals surface area contributed by atoms with Gasteiger partial charge >= 0.3 is 0 Å². The van der Waals surface area contributed by atoms with Gasteiger partial charge in [0.2, 0.25) is 0 Å². The van der Waals surface area contributed by atoms with Crippen LogP contribution in [0.4, 0.5) is 11.4 Å². The minimum Gasteiger partial charge on any atom is -0.497 e. The van der Waals surface area contributed by atoms with E-state index in [2.05, 4.69) is 27.3 Å². The van der Waals surface area contributed by atoms with E-state index in [-0.39, 0.29) is 11.7 Å². The highest BCUT2D eigenvalue weighted by Crippen LogP contribution is 2.23. The predicted molar refractivity (Wildman–Crippen MR) is 112 cm³/mol. The lowest BCUT2D eigenvalue weighted by Crippen LogP contribution is -2.35. The molecule has 0 radical (unpaired) electrons. The van der Waals surface area contributed by atoms with E-state index in [1.165, 1.54) is 0 Å². The fourth-order valence-corrected chi connectivity index (χ4v) is 3.60. The summed E-state index contributed by atoms with van der Waals surface area (Å²) >= 11 is 0. The molecule has 6 heteroatoms. The fraction of sp³-hybridized carbons (Fsp3) is 0.318. The van der Waals surface area contributed by atoms with Gasteiger partial charge < -0.3 is 25.0 Å². The Morgan fingerprint density at radius 2 is 1.89 bits per heavy atom. The minimum absolute atomic E-state index is 0.100. The molecule has 0 atom stereocenters. The van der Waals surface area contributed by atoms with Crippen molar-refractivity contribution in [3.8, 4) is 5.75 Å². The average molecular weight is 379 g/mol. The Bertz CT molecular complexity index is 1010. The third-order valence-corrected chi connectivity index (χ3v) is 5.31. The Balaban J connectivity index is 1.44. The number of aromatic nitrogens is 1. The number of aliphatic hydroxyl groups is 1. The second-order valence-corrected chi connectivity index (χ2v) is 7.20. The molecule has 4 rings (SSSR count). The monoisotopic (exact) mass is 379 g/mol. The van der Waals surface area contributed by atoms with Crippen molar-refractivity contribution in [3.63, 3.8) is 0 Å². The number of ether oxygens (including phenoxy) is 1. The summed E-state index contributed by atoms with van der Waals surface area (Å²) in [5, 5.41) is 13.9. The number of benzene rings is 2. The minimum atomic E-state index is -0.168. The van der Waals surface area contributed by atoms with Crippen LogP contribution < -0.4 is 20.5 Å². The number of pyridine rings is 1. The van der Waals surface area contributed by atoms with E-state index in [9.17, 15) is 9.90 Å². The Labute approximate surface area is 163 Å². The highest BCUT2D eigenvalue weighted by atomic mass is 16.5. The van der Waals surface area contributed by atoms with Gasteiger partial charge in [-0.1, -0.05) is 0 Å². The molecule has 146 valence electrons. The van der Waals surface area contributed by atoms with Crippen molar-refractivity contribution in [2.45, 2.75) is 25.5 Å². The van der Waals surface area contributed by atoms with Crippen molar-refractivity contribution in [2.75, 3.05) is 30.4 Å². The zero-order chi connectivity index (χ0) is 19.5. The van der Waals surface area contributed by atoms with E-state index in [0.717, 1.165) is 54.0 Å². The van der Waals surface area contributed by atoms with Crippen LogP contribution >= 0.6 is 0 Å². The smallest absolute Gasteiger partial charge is 0.253 e. The first kappa shape index (κ1) is 18.4. The molecule has 3 aromatic rings. The molecule has 6 nitrogen and oxygen atoms in total. The lowest BCUT2D eigenvalue weighted by atomic mass is 10.1. The number of anilines is 2. The first-order valence-electron chi connectivity index (χ1n) is 9.59. The largest absolute Gasteiger partial charge is 0.497 e. The van der Waals surface area contributed by atoms with Gasteiger partial charge in [-0.05, 0) is 60.7 Å². The van der Waals surface area contributed by atoms with E-state index < -0.39 is 0 Å². The molecule has 2 aromatic carbocycles. The summed E-state index contributed by atoms with van der Waals surface area (Å²) in [6.07, 6.45) is 1.46. The maximum Gasteiger partial charge on any atom is 0.253 e. The van der Waals surface area contributed by atoms with Gasteiger partial charge in [-0.15, -0.1) is 0 Å². The number of aliphatic hydroxyl groups excluding tert-OH is 1. The van der Waals surface area contributed by atoms with Crippen molar-refractivity contribution in [1.29, 1.82) is 0 Å². The average Bonchev–Trinajstić information content (AvgIpc) is 2.73. The van der Waals surface area contributed by atoms with Crippen LogP contribution in [0.15, 0.2) is 53.3 Å². The first-order valence-corrected chi connectivity index (χ1v) is 9.59. The molecule has 1 aliphatic rings. The molecular weight excluding hydrogens is 354 g/mol. The number of hydrogen-bond acceptors (Lipinski definition) is 5. The molecule has 0 saturated carbocycles. The molecule has 1 fully saturated rings. The lowest BCUT2D eigenvalue weighted by Gasteiger charge is -2.31. The molecule has 1 aliphatic heterocycles. The second kappa shape index (κ2) is 7.94. The molecule has 3 N–H and O–H groups in total. The number of hydrogen-bond donors (Lipinski definition) is 3. The number of piperidine rings is 1. The lowest BCUT2D eigenvalue weighted by molar-refractivity contribution is 0.145. The Morgan fingerprint density at radius 1 is 1.14 bits per heavy atom. The van der Waals surface area contributed by atoms with Crippen LogP contribution in [-0.4, -0.2) is 36.4 Å². The summed E-state index contributed by atoms with van der Waals surface area (Å²) < 4.78 is 5.21. The number of fused-ring (bicyclic) bond motifs is 1. The molecule has 28 heavy (non-hydrogen) atoms. The number of nitrogens with zero attached hydrogens (tertiary/aromatic N) is 1. The summed E-state index contributed by atoms with van der Waals surface area (Å²) in [7, 11) is 1.61. The van der Waals surface area contributed by atoms with Crippen LogP contribution in [0.1, 0.15) is 18.4 Å². The normalized spacial score (nSPS) is 15.0. The van der Waals surface area contributed by atoms with Gasteiger partial charge in [0.25, 0.3) is 5.56 Å². The maximum atomic E-state index is 12.4. The third kappa shape index (κ3) is 3.97. The second-order valence-electron chi connectivity index (χ2n) is 7.20. The van der Waals surface area contributed by atoms with Gasteiger partial charge in [0, 0.05) is 42.6 Å². The highest BCUT2D eigenvalue weighted by Gasteiger charge is 2.17. The number of nitrogens with one attached hydrogen (secondary N) is 2. The standard InChI is InChI=1S/C22H25N3O3/c1-28-20-7-2-15-12-16(22(27)24-21(15)13-20)14-23-17-3-5-18(6-4-17)25-10-8-19(26)9-11-25/h2-7,12-13,19,23,26H,8-11,14H2,1H3,(H,24,27). The van der Waals surface area contributed by atoms with Crippen molar-refractivity contribution in [3.05, 3.63) is 64.4 Å². The number of methoxy groups -OCH3 is 1. The summed E-state index contributed by atoms with van der Waals surface area (Å²) in [6, 6.07) is 15.8. The van der Waals surface area contributed by atoms with Gasteiger partial charge in [0.1, 0.15) is 5.75 Å². The molecule has 2 heterocycles. The summed E-state index contributed by atoms with van der Waals surface area (Å²) in [5.41, 5.74) is 3.48. The zero-order valence-corrected chi connectivity index (χ0v) is 15.9.